The second kappa shape index (κ2) is 7.25. The molecule has 2 rings (SSSR count). The Labute approximate surface area is 121 Å². The molecule has 0 atom stereocenters. The van der Waals surface area contributed by atoms with Crippen molar-refractivity contribution < 1.29 is 0 Å². The van der Waals surface area contributed by atoms with Crippen LogP contribution in [0.4, 0.5) is 5.13 Å². The summed E-state index contributed by atoms with van der Waals surface area (Å²) in [6.45, 7) is 9.84. The average molecular weight is 281 g/mol. The van der Waals surface area contributed by atoms with Crippen molar-refractivity contribution in [1.29, 1.82) is 0 Å². The largest absolute Gasteiger partial charge is 0.345 e. The van der Waals surface area contributed by atoms with Gasteiger partial charge in [0.15, 0.2) is 5.13 Å². The number of aromatic nitrogens is 1. The quantitative estimate of drug-likeness (QED) is 0.827. The number of hydrogen-bond acceptors (Lipinski definition) is 4. The van der Waals surface area contributed by atoms with Gasteiger partial charge in [0.2, 0.25) is 0 Å². The van der Waals surface area contributed by atoms with Crippen molar-refractivity contribution >= 4 is 16.5 Å². The van der Waals surface area contributed by atoms with Crippen LogP contribution in [-0.2, 0) is 6.54 Å². The van der Waals surface area contributed by atoms with Gasteiger partial charge in [0.1, 0.15) is 0 Å². The van der Waals surface area contributed by atoms with E-state index in [1.54, 1.807) is 0 Å². The third-order valence-corrected chi connectivity index (χ3v) is 4.78. The van der Waals surface area contributed by atoms with E-state index in [4.69, 9.17) is 0 Å². The first-order chi connectivity index (χ1) is 9.20. The summed E-state index contributed by atoms with van der Waals surface area (Å²) in [5.41, 5.74) is 0. The van der Waals surface area contributed by atoms with Crippen molar-refractivity contribution in [2.75, 3.05) is 18.0 Å². The number of anilines is 1. The molecule has 3 nitrogen and oxygen atoms in total. The van der Waals surface area contributed by atoms with Crippen LogP contribution in [0.15, 0.2) is 6.20 Å². The molecule has 0 bridgehead atoms. The smallest absolute Gasteiger partial charge is 0.185 e. The molecule has 0 amide bonds. The predicted molar refractivity (Wildman–Crippen MR) is 83.9 cm³/mol. The third-order valence-electron chi connectivity index (χ3n) is 3.75. The van der Waals surface area contributed by atoms with Crippen molar-refractivity contribution in [2.24, 2.45) is 5.92 Å². The Balaban J connectivity index is 1.90. The highest BCUT2D eigenvalue weighted by atomic mass is 32.1. The molecule has 1 fully saturated rings. The summed E-state index contributed by atoms with van der Waals surface area (Å²) in [5, 5.41) is 4.71. The lowest BCUT2D eigenvalue weighted by molar-refractivity contribution is 0.554. The molecule has 0 saturated heterocycles. The molecule has 1 saturated carbocycles. The monoisotopic (exact) mass is 281 g/mol. The van der Waals surface area contributed by atoms with Gasteiger partial charge in [-0.3, -0.25) is 0 Å². The van der Waals surface area contributed by atoms with E-state index in [1.807, 2.05) is 17.5 Å². The van der Waals surface area contributed by atoms with Crippen molar-refractivity contribution in [3.05, 3.63) is 11.1 Å². The zero-order valence-corrected chi connectivity index (χ0v) is 13.3. The van der Waals surface area contributed by atoms with Gasteiger partial charge >= 0.3 is 0 Å². The second-order valence-electron chi connectivity index (χ2n) is 5.86. The SMILES string of the molecule is CCN(c1ncc(CNCC(C)C)s1)C1CCCC1. The predicted octanol–water partition coefficient (Wildman–Crippen LogP) is 3.66. The molecule has 1 aliphatic carbocycles. The lowest BCUT2D eigenvalue weighted by atomic mass is 10.2. The minimum Gasteiger partial charge on any atom is -0.345 e. The number of rotatable bonds is 7. The normalized spacial score (nSPS) is 16.4. The molecule has 1 aromatic heterocycles. The van der Waals surface area contributed by atoms with Gasteiger partial charge in [-0.1, -0.05) is 26.7 Å². The molecule has 108 valence electrons. The molecule has 0 spiro atoms. The topological polar surface area (TPSA) is 28.2 Å². The molecule has 1 heterocycles. The van der Waals surface area contributed by atoms with Crippen LogP contribution in [0.3, 0.4) is 0 Å². The molecule has 0 unspecified atom stereocenters. The molecule has 1 aliphatic rings. The zero-order valence-electron chi connectivity index (χ0n) is 12.5. The van der Waals surface area contributed by atoms with Crippen LogP contribution in [0.5, 0.6) is 0 Å². The van der Waals surface area contributed by atoms with E-state index < -0.39 is 0 Å². The Morgan fingerprint density at radius 2 is 2.16 bits per heavy atom. The molecular weight excluding hydrogens is 254 g/mol. The van der Waals surface area contributed by atoms with Crippen LogP contribution in [-0.4, -0.2) is 24.1 Å². The van der Waals surface area contributed by atoms with E-state index in [9.17, 15) is 0 Å². The maximum Gasteiger partial charge on any atom is 0.185 e. The van der Waals surface area contributed by atoms with Gasteiger partial charge in [-0.25, -0.2) is 4.98 Å². The van der Waals surface area contributed by atoms with Crippen LogP contribution < -0.4 is 10.2 Å². The fraction of sp³-hybridized carbons (Fsp3) is 0.800. The van der Waals surface area contributed by atoms with Gasteiger partial charge in [0.25, 0.3) is 0 Å². The molecule has 19 heavy (non-hydrogen) atoms. The number of thiazole rings is 1. The van der Waals surface area contributed by atoms with Crippen LogP contribution in [0.2, 0.25) is 0 Å². The van der Waals surface area contributed by atoms with Gasteiger partial charge in [-0.05, 0) is 32.2 Å². The molecule has 1 N–H and O–H groups in total. The molecule has 1 aromatic rings. The van der Waals surface area contributed by atoms with E-state index in [0.29, 0.717) is 5.92 Å². The Kier molecular flexibility index (Phi) is 5.64. The van der Waals surface area contributed by atoms with Gasteiger partial charge in [-0.15, -0.1) is 11.3 Å². The van der Waals surface area contributed by atoms with E-state index in [1.165, 1.54) is 35.7 Å². The minimum atomic E-state index is 0.707. The fourth-order valence-corrected chi connectivity index (χ4v) is 3.78. The molecule has 0 aliphatic heterocycles. The summed E-state index contributed by atoms with van der Waals surface area (Å²) in [7, 11) is 0. The molecule has 0 aromatic carbocycles. The summed E-state index contributed by atoms with van der Waals surface area (Å²) in [5.74, 6) is 0.707. The Hall–Kier alpha value is -0.610. The highest BCUT2D eigenvalue weighted by Gasteiger charge is 2.23. The maximum atomic E-state index is 4.63. The zero-order chi connectivity index (χ0) is 13.7. The Morgan fingerprint density at radius 1 is 1.42 bits per heavy atom. The number of nitrogens with one attached hydrogen (secondary N) is 1. The lowest BCUT2D eigenvalue weighted by Crippen LogP contribution is -2.32. The van der Waals surface area contributed by atoms with Crippen molar-refractivity contribution in [2.45, 2.75) is 59.0 Å². The lowest BCUT2D eigenvalue weighted by Gasteiger charge is -2.26. The molecular formula is C15H27N3S. The van der Waals surface area contributed by atoms with Gasteiger partial charge in [-0.2, -0.15) is 0 Å². The highest BCUT2D eigenvalue weighted by Crippen LogP contribution is 2.30. The number of hydrogen-bond donors (Lipinski definition) is 1. The van der Waals surface area contributed by atoms with E-state index in [0.717, 1.165) is 25.7 Å². The van der Waals surface area contributed by atoms with Crippen LogP contribution in [0.1, 0.15) is 51.3 Å². The molecule has 0 radical (unpaired) electrons. The number of nitrogens with zero attached hydrogens (tertiary/aromatic N) is 2. The first kappa shape index (κ1) is 14.8. The minimum absolute atomic E-state index is 0.707. The van der Waals surface area contributed by atoms with Crippen molar-refractivity contribution in [3.63, 3.8) is 0 Å². The Bertz CT molecular complexity index is 369. The Morgan fingerprint density at radius 3 is 2.79 bits per heavy atom. The van der Waals surface area contributed by atoms with Crippen molar-refractivity contribution in [1.82, 2.24) is 10.3 Å². The van der Waals surface area contributed by atoms with Crippen LogP contribution in [0, 0.1) is 5.92 Å². The maximum absolute atomic E-state index is 4.63. The van der Waals surface area contributed by atoms with Gasteiger partial charge < -0.3 is 10.2 Å². The first-order valence-electron chi connectivity index (χ1n) is 7.62. The first-order valence-corrected chi connectivity index (χ1v) is 8.44. The average Bonchev–Trinajstić information content (AvgIpc) is 3.02. The third kappa shape index (κ3) is 4.18. The van der Waals surface area contributed by atoms with E-state index >= 15 is 0 Å². The summed E-state index contributed by atoms with van der Waals surface area (Å²) in [6, 6.07) is 0.729. The van der Waals surface area contributed by atoms with Crippen LogP contribution in [0.25, 0.3) is 0 Å². The van der Waals surface area contributed by atoms with Crippen molar-refractivity contribution in [3.8, 4) is 0 Å². The van der Waals surface area contributed by atoms with Crippen LogP contribution >= 0.6 is 11.3 Å². The van der Waals surface area contributed by atoms with E-state index in [2.05, 4.69) is 36.0 Å². The summed E-state index contributed by atoms with van der Waals surface area (Å²) < 4.78 is 0. The molecule has 4 heteroatoms. The van der Waals surface area contributed by atoms with Gasteiger partial charge in [0.05, 0.1) is 0 Å². The summed E-state index contributed by atoms with van der Waals surface area (Å²) in [4.78, 5) is 8.49. The fourth-order valence-electron chi connectivity index (χ4n) is 2.76. The standard InChI is InChI=1S/C15H27N3S/c1-4-18(13-7-5-6-8-13)15-17-11-14(19-15)10-16-9-12(2)3/h11-13,16H,4-10H2,1-3H3. The highest BCUT2D eigenvalue weighted by molar-refractivity contribution is 7.15. The van der Waals surface area contributed by atoms with Gasteiger partial charge in [0, 0.05) is 30.2 Å². The second-order valence-corrected chi connectivity index (χ2v) is 6.95. The summed E-state index contributed by atoms with van der Waals surface area (Å²) in [6.07, 6.45) is 7.50. The summed E-state index contributed by atoms with van der Waals surface area (Å²) >= 11 is 1.86. The van der Waals surface area contributed by atoms with E-state index in [-0.39, 0.29) is 0 Å².